The van der Waals surface area contributed by atoms with Crippen molar-refractivity contribution >= 4 is 44.9 Å². The number of hydrogen-bond acceptors (Lipinski definition) is 8. The molecule has 2 fully saturated rings. The van der Waals surface area contributed by atoms with E-state index >= 15 is 0 Å². The normalized spacial score (nSPS) is 26.7. The van der Waals surface area contributed by atoms with E-state index in [9.17, 15) is 23.2 Å². The number of nitriles is 1. The predicted octanol–water partition coefficient (Wildman–Crippen LogP) is 3.88. The zero-order chi connectivity index (χ0) is 27.0. The van der Waals surface area contributed by atoms with Crippen LogP contribution in [0.3, 0.4) is 0 Å². The summed E-state index contributed by atoms with van der Waals surface area (Å²) < 4.78 is 38.5. The van der Waals surface area contributed by atoms with Crippen molar-refractivity contribution in [2.45, 2.75) is 55.7 Å². The largest absolute Gasteiger partial charge is 0.393 e. The minimum absolute atomic E-state index is 0.0108. The zero-order valence-electron chi connectivity index (χ0n) is 20.6. The van der Waals surface area contributed by atoms with Gasteiger partial charge in [-0.3, -0.25) is 4.79 Å². The molecule has 0 bridgehead atoms. The summed E-state index contributed by atoms with van der Waals surface area (Å²) in [7, 11) is 0. The van der Waals surface area contributed by atoms with E-state index in [-0.39, 0.29) is 40.7 Å². The molecule has 4 unspecified atom stereocenters. The number of nitrogens with two attached hydrogens (primary N) is 1. The van der Waals surface area contributed by atoms with E-state index in [0.29, 0.717) is 21.7 Å². The van der Waals surface area contributed by atoms with Crippen LogP contribution in [0.25, 0.3) is 10.2 Å². The summed E-state index contributed by atoms with van der Waals surface area (Å²) in [6.45, 7) is 2.63. The second-order valence-corrected chi connectivity index (χ2v) is 12.0. The number of primary amides is 1. The summed E-state index contributed by atoms with van der Waals surface area (Å²) in [5.41, 5.74) is 5.88. The summed E-state index contributed by atoms with van der Waals surface area (Å²) in [4.78, 5) is 25.0. The minimum atomic E-state index is -4.26. The van der Waals surface area contributed by atoms with E-state index < -0.39 is 18.5 Å². The first-order valence-corrected chi connectivity index (χ1v) is 14.0. The van der Waals surface area contributed by atoms with Crippen LogP contribution in [-0.2, 0) is 11.2 Å². The molecule has 3 aliphatic rings. The number of aromatic nitrogens is 2. The molecule has 5 rings (SSSR count). The first-order chi connectivity index (χ1) is 18.1. The Hall–Kier alpha value is -2.62. The Bertz CT molecular complexity index is 1250. The lowest BCUT2D eigenvalue weighted by atomic mass is 9.78. The fourth-order valence-corrected chi connectivity index (χ4v) is 7.51. The highest BCUT2D eigenvalue weighted by Gasteiger charge is 2.45. The fourth-order valence-electron chi connectivity index (χ4n) is 6.04. The van der Waals surface area contributed by atoms with E-state index in [1.807, 2.05) is 6.08 Å². The number of halogens is 4. The van der Waals surface area contributed by atoms with Crippen molar-refractivity contribution in [1.82, 2.24) is 19.8 Å². The van der Waals surface area contributed by atoms with Crippen LogP contribution in [0.15, 0.2) is 24.2 Å². The van der Waals surface area contributed by atoms with Gasteiger partial charge < -0.3 is 20.9 Å². The number of nitrogens with zero attached hydrogens (tertiary/aromatic N) is 5. The van der Waals surface area contributed by atoms with Gasteiger partial charge in [-0.25, -0.2) is 9.97 Å². The second kappa shape index (κ2) is 10.9. The molecule has 1 amide bonds. The molecule has 0 spiro atoms. The van der Waals surface area contributed by atoms with Crippen molar-refractivity contribution in [2.24, 2.45) is 17.6 Å². The van der Waals surface area contributed by atoms with Gasteiger partial charge in [-0.05, 0) is 43.7 Å². The third-order valence-electron chi connectivity index (χ3n) is 7.77. The summed E-state index contributed by atoms with van der Waals surface area (Å²) >= 11 is 7.99. The van der Waals surface area contributed by atoms with Gasteiger partial charge in [0.25, 0.3) is 0 Å². The van der Waals surface area contributed by atoms with Gasteiger partial charge in [-0.15, -0.1) is 22.9 Å². The van der Waals surface area contributed by atoms with Crippen molar-refractivity contribution in [2.75, 3.05) is 31.5 Å². The lowest BCUT2D eigenvalue weighted by Gasteiger charge is -2.42. The molecule has 0 radical (unpaired) electrons. The quantitative estimate of drug-likeness (QED) is 0.488. The molecule has 13 heteroatoms. The summed E-state index contributed by atoms with van der Waals surface area (Å²) in [6.07, 6.45) is 1.59. The third-order valence-corrected chi connectivity index (χ3v) is 9.46. The van der Waals surface area contributed by atoms with Crippen LogP contribution in [0.5, 0.6) is 0 Å². The maximum Gasteiger partial charge on any atom is 0.393 e. The first kappa shape index (κ1) is 27.0. The SMILES string of the molecule is N#CC1=CC2C(Cl)C(CN3CCC(Nc4ncnc5sc(CC(F)(F)F)cc45)CC3)CCC2N1CC(N)=O. The Kier molecular flexibility index (Phi) is 7.71. The number of carbonyl (C=O) groups is 1. The number of hydrogen-bond donors (Lipinski definition) is 2. The number of amides is 1. The van der Waals surface area contributed by atoms with Gasteiger partial charge in [0.1, 0.15) is 28.7 Å². The van der Waals surface area contributed by atoms with Gasteiger partial charge in [0.2, 0.25) is 5.91 Å². The van der Waals surface area contributed by atoms with Gasteiger partial charge in [0.05, 0.1) is 18.4 Å². The van der Waals surface area contributed by atoms with Crippen molar-refractivity contribution < 1.29 is 18.0 Å². The topological polar surface area (TPSA) is 111 Å². The lowest BCUT2D eigenvalue weighted by molar-refractivity contribution is -0.126. The minimum Gasteiger partial charge on any atom is -0.368 e. The monoisotopic (exact) mass is 567 g/mol. The summed E-state index contributed by atoms with van der Waals surface area (Å²) in [5, 5.41) is 13.5. The number of piperidine rings is 1. The third kappa shape index (κ3) is 5.84. The molecule has 1 aliphatic carbocycles. The summed E-state index contributed by atoms with van der Waals surface area (Å²) in [6, 6.07) is 3.92. The van der Waals surface area contributed by atoms with Crippen molar-refractivity contribution in [3.05, 3.63) is 29.0 Å². The van der Waals surface area contributed by atoms with Crippen LogP contribution in [0, 0.1) is 23.2 Å². The fraction of sp³-hybridized carbons (Fsp3) is 0.600. The molecule has 8 nitrogen and oxygen atoms in total. The highest BCUT2D eigenvalue weighted by atomic mass is 35.5. The number of carbonyl (C=O) groups excluding carboxylic acids is 1. The highest BCUT2D eigenvalue weighted by molar-refractivity contribution is 7.18. The van der Waals surface area contributed by atoms with Crippen molar-refractivity contribution in [1.29, 1.82) is 5.26 Å². The molecule has 2 aromatic rings. The van der Waals surface area contributed by atoms with Crippen LogP contribution in [-0.4, -0.2) is 75.5 Å². The van der Waals surface area contributed by atoms with Crippen LogP contribution in [0.2, 0.25) is 0 Å². The molecule has 38 heavy (non-hydrogen) atoms. The molecule has 204 valence electrons. The van der Waals surface area contributed by atoms with Gasteiger partial charge in [-0.2, -0.15) is 18.4 Å². The van der Waals surface area contributed by atoms with Gasteiger partial charge in [-0.1, -0.05) is 0 Å². The maximum absolute atomic E-state index is 12.8. The number of fused-ring (bicyclic) bond motifs is 2. The van der Waals surface area contributed by atoms with Crippen LogP contribution >= 0.6 is 22.9 Å². The van der Waals surface area contributed by atoms with Crippen molar-refractivity contribution in [3.63, 3.8) is 0 Å². The molecule has 1 saturated carbocycles. The Labute approximate surface area is 227 Å². The molecule has 1 saturated heterocycles. The Morgan fingerprint density at radius 3 is 2.71 bits per heavy atom. The van der Waals surface area contributed by atoms with Gasteiger partial charge in [0, 0.05) is 47.9 Å². The van der Waals surface area contributed by atoms with Crippen LogP contribution in [0.1, 0.15) is 30.6 Å². The van der Waals surface area contributed by atoms with Crippen LogP contribution in [0.4, 0.5) is 19.0 Å². The van der Waals surface area contributed by atoms with E-state index in [0.717, 1.165) is 56.7 Å². The maximum atomic E-state index is 12.8. The Morgan fingerprint density at radius 1 is 1.26 bits per heavy atom. The average Bonchev–Trinajstić information content (AvgIpc) is 3.42. The number of anilines is 1. The molecule has 3 N–H and O–H groups in total. The van der Waals surface area contributed by atoms with Crippen molar-refractivity contribution in [3.8, 4) is 6.07 Å². The van der Waals surface area contributed by atoms with E-state index in [1.54, 1.807) is 11.0 Å². The molecule has 0 aromatic carbocycles. The molecule has 4 atom stereocenters. The molecular formula is C25H29ClF3N7OS. The number of likely N-dealkylation sites (tertiary alicyclic amines) is 1. The number of alkyl halides is 4. The predicted molar refractivity (Wildman–Crippen MR) is 139 cm³/mol. The number of rotatable bonds is 7. The molecular weight excluding hydrogens is 539 g/mol. The molecule has 2 aromatic heterocycles. The smallest absolute Gasteiger partial charge is 0.368 e. The van der Waals surface area contributed by atoms with E-state index in [1.165, 1.54) is 6.33 Å². The van der Waals surface area contributed by atoms with E-state index in [2.05, 4.69) is 26.3 Å². The van der Waals surface area contributed by atoms with Gasteiger partial charge in [0.15, 0.2) is 0 Å². The Balaban J connectivity index is 1.16. The average molecular weight is 568 g/mol. The summed E-state index contributed by atoms with van der Waals surface area (Å²) in [5.74, 6) is 0.405. The first-order valence-electron chi connectivity index (χ1n) is 12.7. The second-order valence-electron chi connectivity index (χ2n) is 10.3. The Morgan fingerprint density at radius 2 is 2.03 bits per heavy atom. The lowest BCUT2D eigenvalue weighted by Crippen LogP contribution is -2.49. The molecule has 2 aliphatic heterocycles. The molecule has 4 heterocycles. The highest BCUT2D eigenvalue weighted by Crippen LogP contribution is 2.43. The standard InChI is InChI=1S/C25H29ClF3N7OS/c26-22-14(1-2-20-18(22)7-16(10-30)36(20)12-21(31)37)11-35-5-3-15(4-6-35)34-23-19-8-17(9-25(27,28)29)38-24(19)33-13-32-23/h7-8,13-15,18,20,22H,1-6,9,11-12H2,(H2,31,37)(H,32,33,34). The van der Waals surface area contributed by atoms with E-state index in [4.69, 9.17) is 17.3 Å². The number of nitrogens with one attached hydrogen (secondary N) is 1. The zero-order valence-corrected chi connectivity index (χ0v) is 22.2. The number of thiophene rings is 1. The van der Waals surface area contributed by atoms with Crippen LogP contribution < -0.4 is 11.1 Å². The van der Waals surface area contributed by atoms with Gasteiger partial charge >= 0.3 is 6.18 Å². The number of allylic oxidation sites excluding steroid dienone is 1.